The fraction of sp³-hybridized carbons (Fsp3) is 0.222. The zero-order chi connectivity index (χ0) is 27.3. The first-order chi connectivity index (χ1) is 18.2. The molecular formula is C27H22F3N3O4S. The van der Waals surface area contributed by atoms with E-state index in [2.05, 4.69) is 5.32 Å². The molecule has 0 radical (unpaired) electrons. The molecule has 2 aromatic carbocycles. The molecule has 0 saturated carbocycles. The van der Waals surface area contributed by atoms with Crippen molar-refractivity contribution in [3.8, 4) is 11.8 Å². The summed E-state index contributed by atoms with van der Waals surface area (Å²) in [5, 5.41) is 11.7. The van der Waals surface area contributed by atoms with E-state index in [0.29, 0.717) is 29.4 Å². The third-order valence-corrected chi connectivity index (χ3v) is 6.85. The molecule has 38 heavy (non-hydrogen) atoms. The number of furan rings is 1. The molecular weight excluding hydrogens is 519 g/mol. The standard InChI is InChI=1S/C27H22F3N3O4S/c1-2-36-20-10-8-19(9-11-20)33-25(35)23(14-17-5-3-6-18(13-17)27(28,29)30)38-26(33)22(15-31)24(34)32-16-21-7-4-12-37-21/h3-13,23H,2,14,16H2,1H3,(H,32,34)/b26-22-. The van der Waals surface area contributed by atoms with Crippen LogP contribution in [0.5, 0.6) is 5.75 Å². The highest BCUT2D eigenvalue weighted by Crippen LogP contribution is 2.42. The van der Waals surface area contributed by atoms with E-state index in [-0.39, 0.29) is 23.6 Å². The normalized spacial score (nSPS) is 16.8. The zero-order valence-electron chi connectivity index (χ0n) is 20.1. The maximum absolute atomic E-state index is 13.6. The number of nitrogens with one attached hydrogen (secondary N) is 1. The van der Waals surface area contributed by atoms with Crippen molar-refractivity contribution in [1.82, 2.24) is 5.32 Å². The Kier molecular flexibility index (Phi) is 8.12. The Labute approximate surface area is 220 Å². The predicted molar refractivity (Wildman–Crippen MR) is 135 cm³/mol. The number of hydrogen-bond donors (Lipinski definition) is 1. The minimum Gasteiger partial charge on any atom is -0.494 e. The number of alkyl halides is 3. The quantitative estimate of drug-likeness (QED) is 0.302. The van der Waals surface area contributed by atoms with Crippen LogP contribution >= 0.6 is 11.8 Å². The number of rotatable bonds is 8. The molecule has 2 amide bonds. The van der Waals surface area contributed by atoms with Gasteiger partial charge in [0.15, 0.2) is 0 Å². The van der Waals surface area contributed by atoms with Gasteiger partial charge in [-0.15, -0.1) is 0 Å². The van der Waals surface area contributed by atoms with Gasteiger partial charge in [-0.3, -0.25) is 14.5 Å². The molecule has 1 aliphatic rings. The molecule has 1 aliphatic heterocycles. The van der Waals surface area contributed by atoms with Gasteiger partial charge in [0.1, 0.15) is 28.2 Å². The van der Waals surface area contributed by atoms with Crippen LogP contribution in [-0.4, -0.2) is 23.7 Å². The number of thioether (sulfide) groups is 1. The third-order valence-electron chi connectivity index (χ3n) is 5.59. The van der Waals surface area contributed by atoms with E-state index >= 15 is 0 Å². The Bertz CT molecular complexity index is 1380. The van der Waals surface area contributed by atoms with Crippen LogP contribution in [0.25, 0.3) is 0 Å². The molecule has 4 rings (SSSR count). The largest absolute Gasteiger partial charge is 0.494 e. The maximum Gasteiger partial charge on any atom is 0.416 e. The number of carbonyl (C=O) groups excluding carboxylic acids is 2. The average Bonchev–Trinajstić information content (AvgIpc) is 3.52. The number of nitrogens with zero attached hydrogens (tertiary/aromatic N) is 2. The molecule has 1 N–H and O–H groups in total. The van der Waals surface area contributed by atoms with Crippen molar-refractivity contribution in [3.05, 3.63) is 94.4 Å². The van der Waals surface area contributed by atoms with Crippen molar-refractivity contribution in [3.63, 3.8) is 0 Å². The minimum absolute atomic E-state index is 0.0274. The van der Waals surface area contributed by atoms with E-state index in [4.69, 9.17) is 9.15 Å². The Morgan fingerprint density at radius 3 is 2.58 bits per heavy atom. The number of hydrogen-bond acceptors (Lipinski definition) is 6. The van der Waals surface area contributed by atoms with Gasteiger partial charge in [-0.25, -0.2) is 0 Å². The lowest BCUT2D eigenvalue weighted by atomic mass is 10.1. The van der Waals surface area contributed by atoms with Crippen LogP contribution in [0.1, 0.15) is 23.8 Å². The lowest BCUT2D eigenvalue weighted by Gasteiger charge is -2.19. The van der Waals surface area contributed by atoms with Crippen molar-refractivity contribution in [2.24, 2.45) is 0 Å². The van der Waals surface area contributed by atoms with Crippen LogP contribution in [0.2, 0.25) is 0 Å². The fourth-order valence-electron chi connectivity index (χ4n) is 3.84. The molecule has 0 aliphatic carbocycles. The second-order valence-corrected chi connectivity index (χ2v) is 9.35. The maximum atomic E-state index is 13.6. The van der Waals surface area contributed by atoms with Gasteiger partial charge < -0.3 is 14.5 Å². The molecule has 1 saturated heterocycles. The zero-order valence-corrected chi connectivity index (χ0v) is 20.9. The lowest BCUT2D eigenvalue weighted by molar-refractivity contribution is -0.137. The van der Waals surface area contributed by atoms with Gasteiger partial charge in [-0.05, 0) is 61.4 Å². The SMILES string of the molecule is CCOc1ccc(N2C(=O)C(Cc3cccc(C(F)(F)F)c3)S/C2=C(/C#N)C(=O)NCc2ccco2)cc1. The molecule has 0 spiro atoms. The van der Waals surface area contributed by atoms with Gasteiger partial charge in [0.25, 0.3) is 5.91 Å². The van der Waals surface area contributed by atoms with Gasteiger partial charge in [-0.1, -0.05) is 30.0 Å². The van der Waals surface area contributed by atoms with Crippen molar-refractivity contribution in [2.75, 3.05) is 11.5 Å². The van der Waals surface area contributed by atoms with Crippen LogP contribution in [-0.2, 0) is 28.7 Å². The van der Waals surface area contributed by atoms with E-state index in [9.17, 15) is 28.0 Å². The lowest BCUT2D eigenvalue weighted by Crippen LogP contribution is -2.32. The molecule has 1 atom stereocenters. The average molecular weight is 542 g/mol. The molecule has 1 unspecified atom stereocenters. The van der Waals surface area contributed by atoms with Crippen LogP contribution in [0.3, 0.4) is 0 Å². The summed E-state index contributed by atoms with van der Waals surface area (Å²) < 4.78 is 50.3. The Morgan fingerprint density at radius 2 is 1.95 bits per heavy atom. The van der Waals surface area contributed by atoms with Crippen molar-refractivity contribution < 1.29 is 31.9 Å². The summed E-state index contributed by atoms with van der Waals surface area (Å²) in [6.07, 6.45) is -3.11. The Hall–Kier alpha value is -4.17. The van der Waals surface area contributed by atoms with Gasteiger partial charge in [-0.2, -0.15) is 18.4 Å². The van der Waals surface area contributed by atoms with Crippen molar-refractivity contribution in [2.45, 2.75) is 31.3 Å². The number of amides is 2. The van der Waals surface area contributed by atoms with Gasteiger partial charge in [0.05, 0.1) is 30.2 Å². The smallest absolute Gasteiger partial charge is 0.416 e. The highest BCUT2D eigenvalue weighted by Gasteiger charge is 2.41. The molecule has 1 fully saturated rings. The van der Waals surface area contributed by atoms with Crippen molar-refractivity contribution in [1.29, 1.82) is 5.26 Å². The van der Waals surface area contributed by atoms with Crippen LogP contribution < -0.4 is 15.0 Å². The highest BCUT2D eigenvalue weighted by atomic mass is 32.2. The number of ether oxygens (including phenoxy) is 1. The summed E-state index contributed by atoms with van der Waals surface area (Å²) >= 11 is 0.965. The summed E-state index contributed by atoms with van der Waals surface area (Å²) in [6.45, 7) is 2.30. The summed E-state index contributed by atoms with van der Waals surface area (Å²) in [5.41, 5.74) is -0.423. The van der Waals surface area contributed by atoms with E-state index in [1.807, 2.05) is 13.0 Å². The Balaban J connectivity index is 1.68. The predicted octanol–water partition coefficient (Wildman–Crippen LogP) is 5.44. The first-order valence-electron chi connectivity index (χ1n) is 11.6. The van der Waals surface area contributed by atoms with Crippen LogP contribution in [0.4, 0.5) is 18.9 Å². The second kappa shape index (κ2) is 11.5. The molecule has 1 aromatic heterocycles. The van der Waals surface area contributed by atoms with Crippen molar-refractivity contribution >= 4 is 29.3 Å². The van der Waals surface area contributed by atoms with E-state index in [1.54, 1.807) is 36.4 Å². The number of anilines is 1. The van der Waals surface area contributed by atoms with E-state index in [0.717, 1.165) is 23.9 Å². The minimum atomic E-state index is -4.53. The Morgan fingerprint density at radius 1 is 1.18 bits per heavy atom. The number of benzene rings is 2. The molecule has 11 heteroatoms. The number of carbonyl (C=O) groups is 2. The topological polar surface area (TPSA) is 95.6 Å². The summed E-state index contributed by atoms with van der Waals surface area (Å²) in [5.74, 6) is -0.132. The third kappa shape index (κ3) is 6.03. The molecule has 0 bridgehead atoms. The van der Waals surface area contributed by atoms with Gasteiger partial charge in [0, 0.05) is 5.69 Å². The second-order valence-electron chi connectivity index (χ2n) is 8.16. The van der Waals surface area contributed by atoms with Gasteiger partial charge in [0.2, 0.25) is 5.91 Å². The van der Waals surface area contributed by atoms with Gasteiger partial charge >= 0.3 is 6.18 Å². The molecule has 7 nitrogen and oxygen atoms in total. The summed E-state index contributed by atoms with van der Waals surface area (Å²) in [7, 11) is 0. The van der Waals surface area contributed by atoms with Crippen LogP contribution in [0, 0.1) is 11.3 Å². The molecule has 196 valence electrons. The first kappa shape index (κ1) is 26.9. The molecule has 2 heterocycles. The summed E-state index contributed by atoms with van der Waals surface area (Å²) in [4.78, 5) is 27.8. The van der Waals surface area contributed by atoms with E-state index in [1.165, 1.54) is 23.3 Å². The summed E-state index contributed by atoms with van der Waals surface area (Å²) in [6, 6.07) is 16.5. The molecule has 3 aromatic rings. The highest BCUT2D eigenvalue weighted by molar-refractivity contribution is 8.05. The fourth-order valence-corrected chi connectivity index (χ4v) is 5.15. The first-order valence-corrected chi connectivity index (χ1v) is 12.4. The van der Waals surface area contributed by atoms with E-state index < -0.39 is 28.8 Å². The monoisotopic (exact) mass is 541 g/mol. The number of nitriles is 1. The van der Waals surface area contributed by atoms with Crippen LogP contribution in [0.15, 0.2) is 81.9 Å². The number of halogens is 3.